The molecule has 3 rings (SSSR count). The molecular formula is C17H16N4O3. The van der Waals surface area contributed by atoms with E-state index in [9.17, 15) is 14.9 Å². The fourth-order valence-electron chi connectivity index (χ4n) is 2.66. The van der Waals surface area contributed by atoms with Gasteiger partial charge in [-0.15, -0.1) is 0 Å². The zero-order valence-electron chi connectivity index (χ0n) is 13.6. The molecule has 1 N–H and O–H groups in total. The number of nitriles is 1. The second-order valence-corrected chi connectivity index (χ2v) is 5.54. The van der Waals surface area contributed by atoms with Crippen LogP contribution >= 0.6 is 0 Å². The zero-order chi connectivity index (χ0) is 17.4. The molecule has 0 unspecified atom stereocenters. The third-order valence-electron chi connectivity index (χ3n) is 3.84. The topological polar surface area (TPSA) is 90.6 Å². The Morgan fingerprint density at radius 2 is 2.08 bits per heavy atom. The number of H-pyrrole nitrogens is 1. The Morgan fingerprint density at radius 1 is 1.38 bits per heavy atom. The minimum atomic E-state index is -0.638. The number of fused-ring (bicyclic) bond motifs is 3. The van der Waals surface area contributed by atoms with Gasteiger partial charge in [0, 0.05) is 14.1 Å². The largest absolute Gasteiger partial charge is 0.414 e. The lowest BCUT2D eigenvalue weighted by atomic mass is 10.1. The Morgan fingerprint density at radius 3 is 2.71 bits per heavy atom. The number of amides is 1. The normalized spacial score (nSPS) is 10.8. The van der Waals surface area contributed by atoms with Crippen molar-refractivity contribution in [3.05, 3.63) is 45.7 Å². The number of hydrogen-bond donors (Lipinski definition) is 1. The van der Waals surface area contributed by atoms with Crippen LogP contribution in [0.15, 0.2) is 29.1 Å². The van der Waals surface area contributed by atoms with Crippen LogP contribution in [0, 0.1) is 11.3 Å². The van der Waals surface area contributed by atoms with Gasteiger partial charge in [0.15, 0.2) is 5.75 Å². The van der Waals surface area contributed by atoms with Crippen LogP contribution in [-0.2, 0) is 6.42 Å². The van der Waals surface area contributed by atoms with Gasteiger partial charge in [0.05, 0.1) is 16.6 Å². The summed E-state index contributed by atoms with van der Waals surface area (Å²) < 4.78 is 6.79. The first-order chi connectivity index (χ1) is 11.5. The average molecular weight is 324 g/mol. The monoisotopic (exact) mass is 324 g/mol. The highest BCUT2D eigenvalue weighted by Gasteiger charge is 2.23. The number of carbonyl (C=O) groups excluding carboxylic acids is 1. The number of hydrogen-bond acceptors (Lipinski definition) is 4. The van der Waals surface area contributed by atoms with Crippen molar-refractivity contribution in [2.45, 2.75) is 13.3 Å². The van der Waals surface area contributed by atoms with E-state index in [1.165, 1.54) is 23.4 Å². The molecule has 0 fully saturated rings. The highest BCUT2D eigenvalue weighted by atomic mass is 16.6. The lowest BCUT2D eigenvalue weighted by Gasteiger charge is -2.14. The molecule has 0 saturated carbocycles. The van der Waals surface area contributed by atoms with Gasteiger partial charge in [0.2, 0.25) is 0 Å². The SMILES string of the molecule is CCc1c(OC(=O)N(C)C)c(C#N)c2[nH]c3ccccc3n2c1=O. The van der Waals surface area contributed by atoms with Crippen LogP contribution in [0.2, 0.25) is 0 Å². The van der Waals surface area contributed by atoms with Crippen LogP contribution in [0.25, 0.3) is 16.7 Å². The summed E-state index contributed by atoms with van der Waals surface area (Å²) in [6.07, 6.45) is -0.299. The lowest BCUT2D eigenvalue weighted by molar-refractivity contribution is 0.171. The van der Waals surface area contributed by atoms with Crippen LogP contribution in [0.1, 0.15) is 18.1 Å². The van der Waals surface area contributed by atoms with Crippen LogP contribution in [0.5, 0.6) is 5.75 Å². The van der Waals surface area contributed by atoms with E-state index in [1.807, 2.05) is 18.2 Å². The molecular weight excluding hydrogens is 308 g/mol. The van der Waals surface area contributed by atoms with Crippen molar-refractivity contribution in [2.75, 3.05) is 14.1 Å². The molecule has 1 amide bonds. The summed E-state index contributed by atoms with van der Waals surface area (Å²) in [5, 5.41) is 9.61. The highest BCUT2D eigenvalue weighted by molar-refractivity contribution is 5.84. The molecule has 0 atom stereocenters. The molecule has 0 bridgehead atoms. The van der Waals surface area contributed by atoms with Gasteiger partial charge in [-0.1, -0.05) is 19.1 Å². The lowest BCUT2D eigenvalue weighted by Crippen LogP contribution is -2.28. The molecule has 7 heteroatoms. The summed E-state index contributed by atoms with van der Waals surface area (Å²) in [5.74, 6) is 0.0234. The van der Waals surface area contributed by atoms with Crippen molar-refractivity contribution in [2.24, 2.45) is 0 Å². The number of aromatic nitrogens is 2. The molecule has 0 aliphatic rings. The number of pyridine rings is 1. The first-order valence-corrected chi connectivity index (χ1v) is 7.47. The first-order valence-electron chi connectivity index (χ1n) is 7.47. The van der Waals surface area contributed by atoms with Gasteiger partial charge in [0.1, 0.15) is 17.3 Å². The van der Waals surface area contributed by atoms with Crippen molar-refractivity contribution in [3.63, 3.8) is 0 Å². The summed E-state index contributed by atoms with van der Waals surface area (Å²) >= 11 is 0. The van der Waals surface area contributed by atoms with Crippen molar-refractivity contribution in [1.82, 2.24) is 14.3 Å². The van der Waals surface area contributed by atoms with Gasteiger partial charge in [-0.25, -0.2) is 4.79 Å². The quantitative estimate of drug-likeness (QED) is 0.783. The van der Waals surface area contributed by atoms with E-state index in [0.717, 1.165) is 5.52 Å². The Labute approximate surface area is 137 Å². The smallest absolute Gasteiger partial charge is 0.408 e. The van der Waals surface area contributed by atoms with E-state index < -0.39 is 6.09 Å². The van der Waals surface area contributed by atoms with Gasteiger partial charge in [-0.3, -0.25) is 9.20 Å². The maximum Gasteiger partial charge on any atom is 0.414 e. The minimum Gasteiger partial charge on any atom is -0.408 e. The highest BCUT2D eigenvalue weighted by Crippen LogP contribution is 2.28. The fraction of sp³-hybridized carbons (Fsp3) is 0.235. The number of rotatable bonds is 2. The summed E-state index contributed by atoms with van der Waals surface area (Å²) in [4.78, 5) is 29.2. The molecule has 0 aliphatic heterocycles. The van der Waals surface area contributed by atoms with E-state index in [0.29, 0.717) is 23.1 Å². The van der Waals surface area contributed by atoms with Crippen molar-refractivity contribution >= 4 is 22.8 Å². The number of imidazole rings is 1. The van der Waals surface area contributed by atoms with E-state index in [4.69, 9.17) is 4.74 Å². The van der Waals surface area contributed by atoms with Crippen molar-refractivity contribution in [3.8, 4) is 11.8 Å². The number of nitrogens with one attached hydrogen (secondary N) is 1. The molecule has 0 saturated heterocycles. The Bertz CT molecular complexity index is 1050. The molecule has 2 aromatic heterocycles. The molecule has 122 valence electrons. The molecule has 3 aromatic rings. The molecule has 0 radical (unpaired) electrons. The Hall–Kier alpha value is -3.27. The van der Waals surface area contributed by atoms with Gasteiger partial charge >= 0.3 is 6.09 Å². The number of aromatic amines is 1. The number of para-hydroxylation sites is 2. The third kappa shape index (κ3) is 2.20. The van der Waals surface area contributed by atoms with E-state index in [-0.39, 0.29) is 16.9 Å². The third-order valence-corrected chi connectivity index (χ3v) is 3.84. The second-order valence-electron chi connectivity index (χ2n) is 5.54. The molecule has 24 heavy (non-hydrogen) atoms. The molecule has 2 heterocycles. The Kier molecular flexibility index (Phi) is 3.73. The Balaban J connectivity index is 2.44. The second kappa shape index (κ2) is 5.74. The predicted molar refractivity (Wildman–Crippen MR) is 89.3 cm³/mol. The number of carbonyl (C=O) groups is 1. The predicted octanol–water partition coefficient (Wildman–Crippen LogP) is 2.28. The number of benzene rings is 1. The summed E-state index contributed by atoms with van der Waals surface area (Å²) in [5.41, 5.74) is 1.85. The molecule has 0 aliphatic carbocycles. The number of nitrogens with zero attached hydrogens (tertiary/aromatic N) is 3. The average Bonchev–Trinajstić information content (AvgIpc) is 2.94. The van der Waals surface area contributed by atoms with E-state index in [2.05, 4.69) is 11.1 Å². The van der Waals surface area contributed by atoms with Crippen molar-refractivity contribution in [1.29, 1.82) is 5.26 Å². The summed E-state index contributed by atoms with van der Waals surface area (Å²) in [6, 6.07) is 9.33. The van der Waals surface area contributed by atoms with Gasteiger partial charge in [0.25, 0.3) is 5.56 Å². The zero-order valence-corrected chi connectivity index (χ0v) is 13.6. The molecule has 7 nitrogen and oxygen atoms in total. The van der Waals surface area contributed by atoms with Gasteiger partial charge in [-0.05, 0) is 18.6 Å². The molecule has 0 spiro atoms. The van der Waals surface area contributed by atoms with Crippen LogP contribution in [-0.4, -0.2) is 34.5 Å². The maximum atomic E-state index is 12.9. The van der Waals surface area contributed by atoms with Crippen LogP contribution in [0.4, 0.5) is 4.79 Å². The maximum absolute atomic E-state index is 12.9. The van der Waals surface area contributed by atoms with Gasteiger partial charge < -0.3 is 14.6 Å². The van der Waals surface area contributed by atoms with Crippen LogP contribution in [0.3, 0.4) is 0 Å². The van der Waals surface area contributed by atoms with Crippen LogP contribution < -0.4 is 10.3 Å². The fourth-order valence-corrected chi connectivity index (χ4v) is 2.66. The van der Waals surface area contributed by atoms with E-state index in [1.54, 1.807) is 13.0 Å². The number of ether oxygens (including phenoxy) is 1. The van der Waals surface area contributed by atoms with Gasteiger partial charge in [-0.2, -0.15) is 5.26 Å². The molecule has 1 aromatic carbocycles. The van der Waals surface area contributed by atoms with Crippen molar-refractivity contribution < 1.29 is 9.53 Å². The first kappa shape index (κ1) is 15.6. The standard InChI is InChI=1S/C17H16N4O3/c1-4-10-14(24-17(23)20(2)3)11(9-18)15-19-12-7-5-6-8-13(12)21(15)16(10)22/h5-8,19H,4H2,1-3H3. The minimum absolute atomic E-state index is 0.0234. The summed E-state index contributed by atoms with van der Waals surface area (Å²) in [7, 11) is 3.07. The summed E-state index contributed by atoms with van der Waals surface area (Å²) in [6.45, 7) is 1.78. The van der Waals surface area contributed by atoms with E-state index >= 15 is 0 Å².